The summed E-state index contributed by atoms with van der Waals surface area (Å²) in [5.41, 5.74) is 0.302. The molecule has 1 fully saturated rings. The molecule has 5 N–H and O–H groups in total. The van der Waals surface area contributed by atoms with E-state index >= 15 is 0 Å². The Morgan fingerprint density at radius 3 is 2.22 bits per heavy atom. The average molecular weight is 573 g/mol. The van der Waals surface area contributed by atoms with E-state index < -0.39 is 47.7 Å². The third-order valence-corrected chi connectivity index (χ3v) is 7.15. The Hall–Kier alpha value is -3.40. The minimum atomic E-state index is -1.02. The van der Waals surface area contributed by atoms with Gasteiger partial charge in [-0.25, -0.2) is 4.79 Å². The molecule has 10 nitrogen and oxygen atoms in total. The summed E-state index contributed by atoms with van der Waals surface area (Å²) in [6.07, 6.45) is 4.42. The van der Waals surface area contributed by atoms with Crippen LogP contribution in [0.5, 0.6) is 0 Å². The highest BCUT2D eigenvalue weighted by atomic mass is 16.6. The molecule has 0 heterocycles. The van der Waals surface area contributed by atoms with Crippen molar-refractivity contribution in [3.63, 3.8) is 0 Å². The fourth-order valence-corrected chi connectivity index (χ4v) is 4.95. The minimum Gasteiger partial charge on any atom is -0.444 e. The van der Waals surface area contributed by atoms with Gasteiger partial charge < -0.3 is 31.1 Å². The highest BCUT2D eigenvalue weighted by molar-refractivity contribution is 5.93. The summed E-state index contributed by atoms with van der Waals surface area (Å²) in [4.78, 5) is 51.0. The monoisotopic (exact) mass is 572 g/mol. The van der Waals surface area contributed by atoms with Crippen LogP contribution in [0, 0.1) is 5.92 Å². The Morgan fingerprint density at radius 2 is 1.63 bits per heavy atom. The second-order valence-corrected chi connectivity index (χ2v) is 11.9. The van der Waals surface area contributed by atoms with Gasteiger partial charge in [0.05, 0.1) is 12.1 Å². The Bertz CT molecular complexity index is 1030. The standard InChI is InChI=1S/C31H48N4O6/c1-20(27(37)32-6)17-26(36)24(18-22-13-9-7-10-14-22)34-28(38)21(2)33-29(39)25(19-23-15-11-8-12-16-23)35-30(40)41-31(3,4)5/h8,11-12,15-16,21-22,24-26,36H,1,7,9-10,13-14,17-19H2,2-6H3,(H,32,37)(H,33,39)(H,34,38)(H,35,40)/t21-,24-,25-,26-/m0/s1. The highest BCUT2D eigenvalue weighted by Crippen LogP contribution is 2.28. The van der Waals surface area contributed by atoms with E-state index in [-0.39, 0.29) is 24.3 Å². The second kappa shape index (κ2) is 16.1. The maximum atomic E-state index is 13.3. The first-order valence-electron chi connectivity index (χ1n) is 14.5. The van der Waals surface area contributed by atoms with Crippen molar-refractivity contribution < 1.29 is 29.0 Å². The van der Waals surface area contributed by atoms with Gasteiger partial charge in [0.25, 0.3) is 0 Å². The topological polar surface area (TPSA) is 146 Å². The van der Waals surface area contributed by atoms with Crippen LogP contribution in [0.4, 0.5) is 4.79 Å². The quantitative estimate of drug-likeness (QED) is 0.230. The largest absolute Gasteiger partial charge is 0.444 e. The molecule has 1 aliphatic rings. The Labute approximate surface area is 244 Å². The van der Waals surface area contributed by atoms with E-state index in [1.54, 1.807) is 27.7 Å². The van der Waals surface area contributed by atoms with Crippen molar-refractivity contribution in [2.24, 2.45) is 5.92 Å². The number of aliphatic hydroxyl groups is 1. The van der Waals surface area contributed by atoms with Crippen LogP contribution in [-0.4, -0.2) is 65.8 Å². The van der Waals surface area contributed by atoms with Gasteiger partial charge in [-0.05, 0) is 45.6 Å². The fraction of sp³-hybridized carbons (Fsp3) is 0.613. The molecule has 1 saturated carbocycles. The number of hydrogen-bond donors (Lipinski definition) is 5. The molecule has 4 atom stereocenters. The van der Waals surface area contributed by atoms with Gasteiger partial charge in [0.15, 0.2) is 0 Å². The molecule has 41 heavy (non-hydrogen) atoms. The van der Waals surface area contributed by atoms with Gasteiger partial charge in [0.2, 0.25) is 17.7 Å². The molecule has 1 aliphatic carbocycles. The SMILES string of the molecule is C=C(C[C@H](O)[C@H](CC1CCCCC1)NC(=O)[C@H](C)NC(=O)[C@H](Cc1ccccc1)NC(=O)OC(C)(C)C)C(=O)NC. The van der Waals surface area contributed by atoms with E-state index in [1.165, 1.54) is 13.5 Å². The van der Waals surface area contributed by atoms with Crippen molar-refractivity contribution in [3.8, 4) is 0 Å². The van der Waals surface area contributed by atoms with Crippen LogP contribution in [0.2, 0.25) is 0 Å². The summed E-state index contributed by atoms with van der Waals surface area (Å²) in [5, 5.41) is 21.7. The molecule has 0 spiro atoms. The van der Waals surface area contributed by atoms with Crippen LogP contribution in [0.15, 0.2) is 42.5 Å². The van der Waals surface area contributed by atoms with Crippen molar-refractivity contribution >= 4 is 23.8 Å². The number of carbonyl (C=O) groups excluding carboxylic acids is 4. The van der Waals surface area contributed by atoms with E-state index in [1.807, 2.05) is 30.3 Å². The van der Waals surface area contributed by atoms with Crippen LogP contribution < -0.4 is 21.3 Å². The third kappa shape index (κ3) is 12.3. The highest BCUT2D eigenvalue weighted by Gasteiger charge is 2.31. The first kappa shape index (κ1) is 33.8. The zero-order valence-corrected chi connectivity index (χ0v) is 25.1. The summed E-state index contributed by atoms with van der Waals surface area (Å²) >= 11 is 0. The molecule has 0 aromatic heterocycles. The number of amides is 4. The number of aliphatic hydroxyl groups excluding tert-OH is 1. The van der Waals surface area contributed by atoms with Crippen LogP contribution in [0.1, 0.15) is 78.2 Å². The number of alkyl carbamates (subject to hydrolysis) is 1. The smallest absolute Gasteiger partial charge is 0.408 e. The van der Waals surface area contributed by atoms with E-state index in [0.717, 1.165) is 31.2 Å². The van der Waals surface area contributed by atoms with Crippen molar-refractivity contribution in [1.82, 2.24) is 21.3 Å². The van der Waals surface area contributed by atoms with Crippen molar-refractivity contribution in [3.05, 3.63) is 48.0 Å². The van der Waals surface area contributed by atoms with Gasteiger partial charge in [0.1, 0.15) is 17.7 Å². The molecule has 4 amide bonds. The Morgan fingerprint density at radius 1 is 1.00 bits per heavy atom. The molecule has 10 heteroatoms. The zero-order valence-electron chi connectivity index (χ0n) is 25.1. The van der Waals surface area contributed by atoms with E-state index in [4.69, 9.17) is 4.74 Å². The van der Waals surface area contributed by atoms with Gasteiger partial charge in [-0.3, -0.25) is 14.4 Å². The van der Waals surface area contributed by atoms with Crippen LogP contribution in [-0.2, 0) is 25.5 Å². The molecule has 0 bridgehead atoms. The van der Waals surface area contributed by atoms with E-state index in [2.05, 4.69) is 27.8 Å². The summed E-state index contributed by atoms with van der Waals surface area (Å²) in [7, 11) is 1.49. The third-order valence-electron chi connectivity index (χ3n) is 7.15. The van der Waals surface area contributed by atoms with Gasteiger partial charge in [-0.2, -0.15) is 0 Å². The van der Waals surface area contributed by atoms with Crippen LogP contribution >= 0.6 is 0 Å². The fourth-order valence-electron chi connectivity index (χ4n) is 4.95. The lowest BCUT2D eigenvalue weighted by molar-refractivity contribution is -0.130. The number of hydrogen-bond acceptors (Lipinski definition) is 6. The van der Waals surface area contributed by atoms with Crippen molar-refractivity contribution in [1.29, 1.82) is 0 Å². The number of carbonyl (C=O) groups is 4. The molecule has 1 aromatic carbocycles. The van der Waals surface area contributed by atoms with Gasteiger partial charge >= 0.3 is 6.09 Å². The summed E-state index contributed by atoms with van der Waals surface area (Å²) in [6, 6.07) is 6.66. The van der Waals surface area contributed by atoms with Gasteiger partial charge in [-0.1, -0.05) is 69.0 Å². The first-order chi connectivity index (χ1) is 19.3. The number of ether oxygens (including phenoxy) is 1. The lowest BCUT2D eigenvalue weighted by atomic mass is 9.83. The predicted molar refractivity (Wildman–Crippen MR) is 158 cm³/mol. The molecular formula is C31H48N4O6. The molecule has 0 aliphatic heterocycles. The predicted octanol–water partition coefficient (Wildman–Crippen LogP) is 3.14. The normalized spacial score (nSPS) is 16.8. The number of benzene rings is 1. The summed E-state index contributed by atoms with van der Waals surface area (Å²) < 4.78 is 5.34. The number of likely N-dealkylation sites (N-methyl/N-ethyl adjacent to an activating group) is 1. The molecule has 228 valence electrons. The minimum absolute atomic E-state index is 0.0110. The molecule has 2 rings (SSSR count). The maximum Gasteiger partial charge on any atom is 0.408 e. The molecule has 0 saturated heterocycles. The average Bonchev–Trinajstić information content (AvgIpc) is 2.91. The second-order valence-electron chi connectivity index (χ2n) is 11.9. The van der Waals surface area contributed by atoms with Gasteiger partial charge in [-0.15, -0.1) is 0 Å². The molecule has 0 radical (unpaired) electrons. The summed E-state index contributed by atoms with van der Waals surface area (Å²) in [5.74, 6) is -1.04. The van der Waals surface area contributed by atoms with E-state index in [0.29, 0.717) is 12.3 Å². The number of nitrogens with one attached hydrogen (secondary N) is 4. The molecule has 1 aromatic rings. The lowest BCUT2D eigenvalue weighted by Gasteiger charge is -2.31. The Balaban J connectivity index is 2.11. The zero-order chi connectivity index (χ0) is 30.6. The van der Waals surface area contributed by atoms with E-state index in [9.17, 15) is 24.3 Å². The summed E-state index contributed by atoms with van der Waals surface area (Å²) in [6.45, 7) is 10.5. The van der Waals surface area contributed by atoms with Crippen molar-refractivity contribution in [2.45, 2.75) is 109 Å². The lowest BCUT2D eigenvalue weighted by Crippen LogP contribution is -2.56. The maximum absolute atomic E-state index is 13.3. The van der Waals surface area contributed by atoms with Crippen LogP contribution in [0.25, 0.3) is 0 Å². The van der Waals surface area contributed by atoms with Crippen LogP contribution in [0.3, 0.4) is 0 Å². The number of rotatable bonds is 13. The molecular weight excluding hydrogens is 524 g/mol. The van der Waals surface area contributed by atoms with Gasteiger partial charge in [0, 0.05) is 25.5 Å². The van der Waals surface area contributed by atoms with Crippen molar-refractivity contribution in [2.75, 3.05) is 7.05 Å². The Kier molecular flexibility index (Phi) is 13.3. The molecule has 0 unspecified atom stereocenters. The first-order valence-corrected chi connectivity index (χ1v) is 14.5.